The Hall–Kier alpha value is -2.87. The van der Waals surface area contributed by atoms with Gasteiger partial charge < -0.3 is 11.1 Å². The Labute approximate surface area is 104 Å². The Bertz CT molecular complexity index is 631. The topological polar surface area (TPSA) is 91.8 Å². The van der Waals surface area contributed by atoms with E-state index in [1.165, 1.54) is 0 Å². The van der Waals surface area contributed by atoms with E-state index in [-0.39, 0.29) is 17.4 Å². The summed E-state index contributed by atoms with van der Waals surface area (Å²) in [5, 5.41) is 11.4. The second kappa shape index (κ2) is 4.97. The van der Waals surface area contributed by atoms with E-state index in [1.54, 1.807) is 42.5 Å². The molecule has 3 N–H and O–H groups in total. The number of nitrogens with zero attached hydrogens (tertiary/aromatic N) is 2. The molecule has 0 fully saturated rings. The van der Waals surface area contributed by atoms with Gasteiger partial charge in [0.2, 0.25) is 0 Å². The molecule has 0 spiro atoms. The molecule has 0 bridgehead atoms. The Morgan fingerprint density at radius 2 is 2.06 bits per heavy atom. The zero-order chi connectivity index (χ0) is 13.0. The van der Waals surface area contributed by atoms with Gasteiger partial charge in [-0.2, -0.15) is 5.26 Å². The summed E-state index contributed by atoms with van der Waals surface area (Å²) in [5.74, 6) is -0.0779. The molecule has 0 unspecified atom stereocenters. The zero-order valence-electron chi connectivity index (χ0n) is 9.42. The number of nitrogens with one attached hydrogen (secondary N) is 1. The second-order valence-electron chi connectivity index (χ2n) is 3.59. The Morgan fingerprint density at radius 1 is 1.28 bits per heavy atom. The van der Waals surface area contributed by atoms with Crippen LogP contribution >= 0.6 is 0 Å². The SMILES string of the molecule is N#Cc1cccc(NC(=O)c2cccc(N)n2)c1. The van der Waals surface area contributed by atoms with Crippen molar-refractivity contribution in [2.75, 3.05) is 11.1 Å². The van der Waals surface area contributed by atoms with E-state index in [0.717, 1.165) is 0 Å². The molecule has 1 amide bonds. The van der Waals surface area contributed by atoms with Gasteiger partial charge >= 0.3 is 0 Å². The summed E-state index contributed by atoms with van der Waals surface area (Å²) in [6, 6.07) is 13.5. The van der Waals surface area contributed by atoms with Gasteiger partial charge in [0.05, 0.1) is 11.6 Å². The van der Waals surface area contributed by atoms with Crippen LogP contribution in [0, 0.1) is 11.3 Å². The van der Waals surface area contributed by atoms with Gasteiger partial charge in [-0.05, 0) is 30.3 Å². The predicted molar refractivity (Wildman–Crippen MR) is 67.8 cm³/mol. The number of hydrogen-bond acceptors (Lipinski definition) is 4. The first kappa shape index (κ1) is 11.6. The van der Waals surface area contributed by atoms with Crippen molar-refractivity contribution in [3.63, 3.8) is 0 Å². The quantitative estimate of drug-likeness (QED) is 0.834. The minimum atomic E-state index is -0.364. The maximum atomic E-state index is 11.9. The van der Waals surface area contributed by atoms with Crippen molar-refractivity contribution in [1.29, 1.82) is 5.26 Å². The average Bonchev–Trinajstić information content (AvgIpc) is 2.39. The number of carbonyl (C=O) groups excluding carboxylic acids is 1. The highest BCUT2D eigenvalue weighted by atomic mass is 16.1. The number of nitrogens with two attached hydrogens (primary N) is 1. The number of anilines is 2. The fourth-order valence-electron chi connectivity index (χ4n) is 1.44. The van der Waals surface area contributed by atoms with Crippen molar-refractivity contribution in [2.45, 2.75) is 0 Å². The van der Waals surface area contributed by atoms with Crippen LogP contribution in [0.3, 0.4) is 0 Å². The fourth-order valence-corrected chi connectivity index (χ4v) is 1.44. The molecule has 2 aromatic rings. The van der Waals surface area contributed by atoms with Gasteiger partial charge in [0, 0.05) is 5.69 Å². The molecule has 2 rings (SSSR count). The molecule has 5 nitrogen and oxygen atoms in total. The molecule has 1 heterocycles. The van der Waals surface area contributed by atoms with Gasteiger partial charge in [-0.15, -0.1) is 0 Å². The van der Waals surface area contributed by atoms with Gasteiger partial charge in [0.1, 0.15) is 11.5 Å². The number of amides is 1. The van der Waals surface area contributed by atoms with Crippen molar-refractivity contribution >= 4 is 17.4 Å². The van der Waals surface area contributed by atoms with Gasteiger partial charge in [0.25, 0.3) is 5.91 Å². The van der Waals surface area contributed by atoms with Crippen LogP contribution in [0.2, 0.25) is 0 Å². The van der Waals surface area contributed by atoms with Crippen LogP contribution in [0.4, 0.5) is 11.5 Å². The summed E-state index contributed by atoms with van der Waals surface area (Å²) in [6.45, 7) is 0. The minimum absolute atomic E-state index is 0.234. The van der Waals surface area contributed by atoms with Crippen LogP contribution < -0.4 is 11.1 Å². The van der Waals surface area contributed by atoms with E-state index >= 15 is 0 Å². The summed E-state index contributed by atoms with van der Waals surface area (Å²) in [5.41, 5.74) is 6.76. The van der Waals surface area contributed by atoms with Gasteiger partial charge in [0.15, 0.2) is 0 Å². The number of carbonyl (C=O) groups is 1. The molecule has 0 saturated carbocycles. The lowest BCUT2D eigenvalue weighted by atomic mass is 10.2. The normalized spacial score (nSPS) is 9.50. The monoisotopic (exact) mass is 238 g/mol. The van der Waals surface area contributed by atoms with Crippen molar-refractivity contribution in [3.8, 4) is 6.07 Å². The number of benzene rings is 1. The van der Waals surface area contributed by atoms with Gasteiger partial charge in [-0.3, -0.25) is 4.79 Å². The van der Waals surface area contributed by atoms with E-state index < -0.39 is 0 Å². The van der Waals surface area contributed by atoms with Crippen molar-refractivity contribution in [1.82, 2.24) is 4.98 Å². The molecule has 0 atom stereocenters. The maximum absolute atomic E-state index is 11.9. The molecule has 5 heteroatoms. The number of rotatable bonds is 2. The Kier molecular flexibility index (Phi) is 3.21. The third-order valence-corrected chi connectivity index (χ3v) is 2.25. The first-order valence-electron chi connectivity index (χ1n) is 5.23. The van der Waals surface area contributed by atoms with Gasteiger partial charge in [-0.1, -0.05) is 12.1 Å². The summed E-state index contributed by atoms with van der Waals surface area (Å²) in [4.78, 5) is 15.8. The summed E-state index contributed by atoms with van der Waals surface area (Å²) >= 11 is 0. The Morgan fingerprint density at radius 3 is 2.78 bits per heavy atom. The van der Waals surface area contributed by atoms with E-state index in [9.17, 15) is 4.79 Å². The molecule has 1 aromatic carbocycles. The molecular weight excluding hydrogens is 228 g/mol. The van der Waals surface area contributed by atoms with Crippen molar-refractivity contribution in [2.24, 2.45) is 0 Å². The summed E-state index contributed by atoms with van der Waals surface area (Å²) in [7, 11) is 0. The van der Waals surface area contributed by atoms with Crippen LogP contribution in [0.1, 0.15) is 16.1 Å². The number of aromatic nitrogens is 1. The van der Waals surface area contributed by atoms with Crippen molar-refractivity contribution < 1.29 is 4.79 Å². The maximum Gasteiger partial charge on any atom is 0.274 e. The smallest absolute Gasteiger partial charge is 0.274 e. The summed E-state index contributed by atoms with van der Waals surface area (Å²) in [6.07, 6.45) is 0. The Balaban J connectivity index is 2.19. The van der Waals surface area contributed by atoms with Crippen LogP contribution in [0.25, 0.3) is 0 Å². The van der Waals surface area contributed by atoms with Crippen LogP contribution in [-0.4, -0.2) is 10.9 Å². The average molecular weight is 238 g/mol. The van der Waals surface area contributed by atoms with E-state index in [4.69, 9.17) is 11.0 Å². The highest BCUT2D eigenvalue weighted by molar-refractivity contribution is 6.03. The third-order valence-electron chi connectivity index (χ3n) is 2.25. The predicted octanol–water partition coefficient (Wildman–Crippen LogP) is 1.79. The first-order chi connectivity index (χ1) is 8.69. The number of nitrogen functional groups attached to an aromatic ring is 1. The number of hydrogen-bond donors (Lipinski definition) is 2. The largest absolute Gasteiger partial charge is 0.384 e. The molecule has 0 aliphatic heterocycles. The van der Waals surface area contributed by atoms with Crippen LogP contribution in [-0.2, 0) is 0 Å². The van der Waals surface area contributed by atoms with E-state index in [0.29, 0.717) is 11.3 Å². The molecule has 0 aliphatic rings. The molecular formula is C13H10N4O. The molecule has 0 saturated heterocycles. The number of pyridine rings is 1. The minimum Gasteiger partial charge on any atom is -0.384 e. The molecule has 1 aromatic heterocycles. The highest BCUT2D eigenvalue weighted by Crippen LogP contribution is 2.11. The van der Waals surface area contributed by atoms with Crippen molar-refractivity contribution in [3.05, 3.63) is 53.7 Å². The number of nitriles is 1. The lowest BCUT2D eigenvalue weighted by molar-refractivity contribution is 0.102. The fraction of sp³-hybridized carbons (Fsp3) is 0. The first-order valence-corrected chi connectivity index (χ1v) is 5.23. The highest BCUT2D eigenvalue weighted by Gasteiger charge is 2.07. The summed E-state index contributed by atoms with van der Waals surface area (Å²) < 4.78 is 0. The molecule has 0 radical (unpaired) electrons. The standard InChI is InChI=1S/C13H10N4O/c14-8-9-3-1-4-10(7-9)16-13(18)11-5-2-6-12(15)17-11/h1-7H,(H2,15,17)(H,16,18). The lowest BCUT2D eigenvalue weighted by Crippen LogP contribution is -2.14. The van der Waals surface area contributed by atoms with Crippen LogP contribution in [0.15, 0.2) is 42.5 Å². The van der Waals surface area contributed by atoms with Crippen LogP contribution in [0.5, 0.6) is 0 Å². The van der Waals surface area contributed by atoms with E-state index in [2.05, 4.69) is 10.3 Å². The second-order valence-corrected chi connectivity index (χ2v) is 3.59. The molecule has 88 valence electrons. The van der Waals surface area contributed by atoms with E-state index in [1.807, 2.05) is 6.07 Å². The lowest BCUT2D eigenvalue weighted by Gasteiger charge is -2.05. The van der Waals surface area contributed by atoms with Gasteiger partial charge in [-0.25, -0.2) is 4.98 Å². The molecule has 0 aliphatic carbocycles. The molecule has 18 heavy (non-hydrogen) atoms. The zero-order valence-corrected chi connectivity index (χ0v) is 9.42. The third kappa shape index (κ3) is 2.62.